The van der Waals surface area contributed by atoms with E-state index in [-0.39, 0.29) is 5.41 Å². The van der Waals surface area contributed by atoms with Crippen molar-refractivity contribution in [3.63, 3.8) is 0 Å². The molecule has 0 saturated carbocycles. The van der Waals surface area contributed by atoms with Gasteiger partial charge in [-0.1, -0.05) is 129 Å². The minimum Gasteiger partial charge on any atom is -0.310 e. The van der Waals surface area contributed by atoms with Crippen LogP contribution < -0.4 is 4.90 Å². The van der Waals surface area contributed by atoms with Crippen LogP contribution in [0.15, 0.2) is 164 Å². The third-order valence-corrected chi connectivity index (χ3v) is 11.8. The van der Waals surface area contributed by atoms with Crippen molar-refractivity contribution in [2.75, 3.05) is 4.90 Å². The quantitative estimate of drug-likeness (QED) is 0.184. The van der Waals surface area contributed by atoms with E-state index in [4.69, 9.17) is 0 Å². The Morgan fingerprint density at radius 2 is 1.12 bits per heavy atom. The molecule has 1 heterocycles. The van der Waals surface area contributed by atoms with Gasteiger partial charge in [0, 0.05) is 42.6 Å². The summed E-state index contributed by atoms with van der Waals surface area (Å²) in [6.07, 6.45) is 0. The first-order valence-corrected chi connectivity index (χ1v) is 17.8. The highest BCUT2D eigenvalue weighted by Gasteiger charge is 2.35. The molecule has 0 radical (unpaired) electrons. The predicted octanol–water partition coefficient (Wildman–Crippen LogP) is 13.8. The zero-order valence-electron chi connectivity index (χ0n) is 27.4. The maximum Gasteiger partial charge on any atom is 0.0468 e. The van der Waals surface area contributed by atoms with E-state index in [1.165, 1.54) is 75.1 Å². The van der Waals surface area contributed by atoms with Crippen molar-refractivity contribution in [3.8, 4) is 22.3 Å². The molecule has 0 unspecified atom stereocenters. The summed E-state index contributed by atoms with van der Waals surface area (Å²) in [4.78, 5) is 2.44. The third-order valence-electron chi connectivity index (χ3n) is 10.6. The van der Waals surface area contributed by atoms with Gasteiger partial charge in [-0.3, -0.25) is 0 Å². The molecule has 1 aliphatic rings. The number of rotatable bonds is 4. The second-order valence-electron chi connectivity index (χ2n) is 13.8. The van der Waals surface area contributed by atoms with E-state index < -0.39 is 0 Å². The highest BCUT2D eigenvalue weighted by Crippen LogP contribution is 2.51. The first-order valence-electron chi connectivity index (χ1n) is 17.0. The fourth-order valence-electron chi connectivity index (χ4n) is 8.13. The number of thiophene rings is 1. The lowest BCUT2D eigenvalue weighted by atomic mass is 9.82. The Balaban J connectivity index is 1.17. The van der Waals surface area contributed by atoms with Gasteiger partial charge < -0.3 is 4.90 Å². The van der Waals surface area contributed by atoms with Crippen LogP contribution in [0.25, 0.3) is 64.0 Å². The largest absolute Gasteiger partial charge is 0.310 e. The van der Waals surface area contributed by atoms with Crippen molar-refractivity contribution in [2.45, 2.75) is 19.3 Å². The van der Waals surface area contributed by atoms with Gasteiger partial charge in [-0.15, -0.1) is 11.3 Å². The average molecular weight is 644 g/mol. The van der Waals surface area contributed by atoms with Crippen molar-refractivity contribution in [3.05, 3.63) is 175 Å². The van der Waals surface area contributed by atoms with Crippen molar-refractivity contribution in [2.24, 2.45) is 0 Å². The molecule has 1 aliphatic carbocycles. The summed E-state index contributed by atoms with van der Waals surface area (Å²) in [5, 5.41) is 7.73. The summed E-state index contributed by atoms with van der Waals surface area (Å²) in [5.74, 6) is 0. The van der Waals surface area contributed by atoms with Crippen LogP contribution in [0, 0.1) is 0 Å². The molecule has 0 spiro atoms. The predicted molar refractivity (Wildman–Crippen MR) is 212 cm³/mol. The maximum atomic E-state index is 2.44. The first kappa shape index (κ1) is 28.3. The second-order valence-corrected chi connectivity index (χ2v) is 14.8. The van der Waals surface area contributed by atoms with Crippen LogP contribution in [0.1, 0.15) is 25.0 Å². The number of benzene rings is 8. The van der Waals surface area contributed by atoms with Gasteiger partial charge in [-0.25, -0.2) is 0 Å². The monoisotopic (exact) mass is 643 g/mol. The second kappa shape index (κ2) is 10.7. The molecule has 1 aromatic heterocycles. The number of anilines is 3. The average Bonchev–Trinajstić information content (AvgIpc) is 3.64. The van der Waals surface area contributed by atoms with Crippen molar-refractivity contribution >= 4 is 70.1 Å². The minimum atomic E-state index is -0.0378. The van der Waals surface area contributed by atoms with Crippen molar-refractivity contribution < 1.29 is 0 Å². The Kier molecular flexibility index (Phi) is 6.16. The van der Waals surface area contributed by atoms with Crippen LogP contribution in [-0.2, 0) is 5.41 Å². The molecule has 0 saturated heterocycles. The zero-order chi connectivity index (χ0) is 32.7. The molecule has 1 nitrogen and oxygen atoms in total. The standard InChI is InChI=1S/C47H33NS/c1-47(2)43-16-7-5-14-39(43)42-29-37(22-25-44(42)47)48(35-13-9-12-32(27-35)33-19-18-30-10-3-4-11-31(30)26-33)36-21-24-38-34(28-36)20-23-41-40-15-6-8-17-45(40)49-46(38)41/h3-29H,1-2H3. The third kappa shape index (κ3) is 4.38. The molecule has 0 atom stereocenters. The normalized spacial score (nSPS) is 13.3. The molecule has 0 N–H and O–H groups in total. The molecule has 0 amide bonds. The fourth-order valence-corrected chi connectivity index (χ4v) is 9.36. The van der Waals surface area contributed by atoms with E-state index in [1.54, 1.807) is 0 Å². The molecule has 0 fully saturated rings. The zero-order valence-corrected chi connectivity index (χ0v) is 28.3. The summed E-state index contributed by atoms with van der Waals surface area (Å²) in [6.45, 7) is 4.69. The highest BCUT2D eigenvalue weighted by molar-refractivity contribution is 7.26. The lowest BCUT2D eigenvalue weighted by Gasteiger charge is -2.28. The smallest absolute Gasteiger partial charge is 0.0468 e. The molecule has 9 aromatic rings. The maximum absolute atomic E-state index is 2.44. The summed E-state index contributed by atoms with van der Waals surface area (Å²) in [7, 11) is 0. The van der Waals surface area contributed by atoms with E-state index >= 15 is 0 Å². The minimum absolute atomic E-state index is 0.0378. The Hall–Kier alpha value is -5.70. The number of hydrogen-bond acceptors (Lipinski definition) is 2. The fraction of sp³-hybridized carbons (Fsp3) is 0.0638. The van der Waals surface area contributed by atoms with Crippen LogP contribution in [0.5, 0.6) is 0 Å². The van der Waals surface area contributed by atoms with E-state index in [2.05, 4.69) is 183 Å². The molecular formula is C47H33NS. The Morgan fingerprint density at radius 3 is 2.06 bits per heavy atom. The van der Waals surface area contributed by atoms with E-state index in [0.29, 0.717) is 0 Å². The van der Waals surface area contributed by atoms with Gasteiger partial charge in [0.15, 0.2) is 0 Å². The molecule has 0 bridgehead atoms. The summed E-state index contributed by atoms with van der Waals surface area (Å²) in [5.41, 5.74) is 11.3. The first-order chi connectivity index (χ1) is 24.0. The summed E-state index contributed by atoms with van der Waals surface area (Å²) >= 11 is 1.89. The molecule has 0 aliphatic heterocycles. The summed E-state index contributed by atoms with van der Waals surface area (Å²) in [6, 6.07) is 60.7. The topological polar surface area (TPSA) is 3.24 Å². The van der Waals surface area contributed by atoms with Gasteiger partial charge in [0.25, 0.3) is 0 Å². The Bertz CT molecular complexity index is 2770. The molecule has 49 heavy (non-hydrogen) atoms. The van der Waals surface area contributed by atoms with Crippen molar-refractivity contribution in [1.29, 1.82) is 0 Å². The SMILES string of the molecule is CC1(C)c2ccccc2-c2cc(N(c3cccc(-c4ccc5ccccc5c4)c3)c3ccc4c(ccc5c6ccccc6sc45)c3)ccc21. The molecule has 8 aromatic carbocycles. The van der Waals surface area contributed by atoms with Gasteiger partial charge >= 0.3 is 0 Å². The number of hydrogen-bond donors (Lipinski definition) is 0. The van der Waals surface area contributed by atoms with Gasteiger partial charge in [0.2, 0.25) is 0 Å². The highest BCUT2D eigenvalue weighted by atomic mass is 32.1. The van der Waals surface area contributed by atoms with Gasteiger partial charge in [0.1, 0.15) is 0 Å². The Morgan fingerprint density at radius 1 is 0.429 bits per heavy atom. The Labute approximate surface area is 290 Å². The lowest BCUT2D eigenvalue weighted by Crippen LogP contribution is -2.15. The summed E-state index contributed by atoms with van der Waals surface area (Å²) < 4.78 is 2.69. The van der Waals surface area contributed by atoms with Crippen LogP contribution in [0.2, 0.25) is 0 Å². The van der Waals surface area contributed by atoms with Crippen LogP contribution in [0.4, 0.5) is 17.1 Å². The van der Waals surface area contributed by atoms with Crippen LogP contribution in [-0.4, -0.2) is 0 Å². The molecule has 10 rings (SSSR count). The van der Waals surface area contributed by atoms with E-state index in [9.17, 15) is 0 Å². The van der Waals surface area contributed by atoms with Crippen LogP contribution >= 0.6 is 11.3 Å². The van der Waals surface area contributed by atoms with Gasteiger partial charge in [-0.05, 0) is 103 Å². The number of nitrogens with zero attached hydrogens (tertiary/aromatic N) is 1. The van der Waals surface area contributed by atoms with E-state index in [1.807, 2.05) is 11.3 Å². The molecule has 2 heteroatoms. The molecular weight excluding hydrogens is 611 g/mol. The van der Waals surface area contributed by atoms with E-state index in [0.717, 1.165) is 17.1 Å². The molecule has 232 valence electrons. The van der Waals surface area contributed by atoms with Gasteiger partial charge in [0.05, 0.1) is 0 Å². The number of fused-ring (bicyclic) bond motifs is 9. The lowest BCUT2D eigenvalue weighted by molar-refractivity contribution is 0.660. The van der Waals surface area contributed by atoms with Crippen LogP contribution in [0.3, 0.4) is 0 Å². The van der Waals surface area contributed by atoms with Crippen molar-refractivity contribution in [1.82, 2.24) is 0 Å². The van der Waals surface area contributed by atoms with Gasteiger partial charge in [-0.2, -0.15) is 0 Å².